The second kappa shape index (κ2) is 6.25. The van der Waals surface area contributed by atoms with Gasteiger partial charge in [-0.2, -0.15) is 0 Å². The highest BCUT2D eigenvalue weighted by Crippen LogP contribution is 2.29. The van der Waals surface area contributed by atoms with Crippen molar-refractivity contribution in [1.82, 2.24) is 24.9 Å². The number of rotatable bonds is 4. The average molecular weight is 346 g/mol. The van der Waals surface area contributed by atoms with Crippen molar-refractivity contribution in [3.8, 4) is 5.75 Å². The number of imidazole rings is 1. The van der Waals surface area contributed by atoms with Gasteiger partial charge >= 0.3 is 0 Å². The molecule has 7 nitrogen and oxygen atoms in total. The lowest BCUT2D eigenvalue weighted by Crippen LogP contribution is -2.35. The van der Waals surface area contributed by atoms with Crippen molar-refractivity contribution in [2.45, 2.75) is 18.9 Å². The maximum Gasteiger partial charge on any atom is 0.162 e. The topological polar surface area (TPSA) is 79.8 Å². The minimum Gasteiger partial charge on any atom is -0.491 e. The molecule has 26 heavy (non-hydrogen) atoms. The summed E-state index contributed by atoms with van der Waals surface area (Å²) < 4.78 is 6.20. The van der Waals surface area contributed by atoms with Crippen molar-refractivity contribution in [3.63, 3.8) is 0 Å². The maximum absolute atomic E-state index is 6.20. The van der Waals surface area contributed by atoms with Crippen LogP contribution in [0, 0.1) is 0 Å². The number of benzene rings is 1. The number of ether oxygens (including phenoxy) is 1. The summed E-state index contributed by atoms with van der Waals surface area (Å²) in [5, 5.41) is 1.04. The molecule has 130 valence electrons. The summed E-state index contributed by atoms with van der Waals surface area (Å²) in [7, 11) is 0. The molecule has 1 saturated heterocycles. The minimum atomic E-state index is 0.261. The third-order valence-corrected chi connectivity index (χ3v) is 4.88. The summed E-state index contributed by atoms with van der Waals surface area (Å²) in [6.07, 6.45) is 7.23. The quantitative estimate of drug-likeness (QED) is 0.612. The first-order valence-corrected chi connectivity index (χ1v) is 8.77. The number of hydrogen-bond acceptors (Lipinski definition) is 6. The van der Waals surface area contributed by atoms with Crippen LogP contribution in [0.25, 0.3) is 22.1 Å². The fourth-order valence-electron chi connectivity index (χ4n) is 3.64. The molecule has 1 aromatic carbocycles. The van der Waals surface area contributed by atoms with E-state index in [0.717, 1.165) is 53.0 Å². The summed E-state index contributed by atoms with van der Waals surface area (Å²) in [6.45, 7) is 1.55. The number of aromatic nitrogens is 5. The first kappa shape index (κ1) is 15.1. The number of hydrogen-bond donors (Lipinski definition) is 1. The lowest BCUT2D eigenvalue weighted by atomic mass is 10.2. The number of H-pyrrole nitrogens is 1. The van der Waals surface area contributed by atoms with Crippen LogP contribution < -0.4 is 9.64 Å². The average Bonchev–Trinajstić information content (AvgIpc) is 3.35. The Kier molecular flexibility index (Phi) is 3.62. The van der Waals surface area contributed by atoms with Crippen molar-refractivity contribution < 1.29 is 4.74 Å². The van der Waals surface area contributed by atoms with Gasteiger partial charge in [0.05, 0.1) is 17.9 Å². The lowest BCUT2D eigenvalue weighted by Gasteiger charge is -2.25. The van der Waals surface area contributed by atoms with E-state index in [1.807, 2.05) is 30.3 Å². The molecule has 1 aliphatic rings. The molecule has 5 rings (SSSR count). The van der Waals surface area contributed by atoms with Crippen LogP contribution in [0.3, 0.4) is 0 Å². The molecule has 0 amide bonds. The van der Waals surface area contributed by atoms with Crippen molar-refractivity contribution in [1.29, 1.82) is 0 Å². The van der Waals surface area contributed by atoms with Crippen molar-refractivity contribution in [2.24, 2.45) is 0 Å². The third kappa shape index (κ3) is 2.52. The van der Waals surface area contributed by atoms with Crippen LogP contribution in [0.4, 0.5) is 5.82 Å². The van der Waals surface area contributed by atoms with Gasteiger partial charge in [-0.1, -0.05) is 6.07 Å². The van der Waals surface area contributed by atoms with Crippen LogP contribution in [0.2, 0.25) is 0 Å². The number of aromatic amines is 1. The van der Waals surface area contributed by atoms with Crippen molar-refractivity contribution in [2.75, 3.05) is 18.1 Å². The summed E-state index contributed by atoms with van der Waals surface area (Å²) >= 11 is 0. The molecule has 0 aliphatic carbocycles. The fourth-order valence-corrected chi connectivity index (χ4v) is 3.64. The molecule has 0 saturated carbocycles. The van der Waals surface area contributed by atoms with Crippen LogP contribution in [-0.2, 0) is 0 Å². The molecule has 7 heteroatoms. The highest BCUT2D eigenvalue weighted by atomic mass is 16.5. The number of anilines is 1. The Labute approximate surface area is 150 Å². The molecular weight excluding hydrogens is 328 g/mol. The number of nitrogens with zero attached hydrogens (tertiary/aromatic N) is 5. The van der Waals surface area contributed by atoms with E-state index in [-0.39, 0.29) is 6.04 Å². The summed E-state index contributed by atoms with van der Waals surface area (Å²) in [5.41, 5.74) is 2.53. The van der Waals surface area contributed by atoms with Crippen LogP contribution in [-0.4, -0.2) is 44.1 Å². The Hall–Kier alpha value is -3.22. The Morgan fingerprint density at radius 2 is 2.12 bits per heavy atom. The van der Waals surface area contributed by atoms with Gasteiger partial charge in [-0.05, 0) is 37.1 Å². The van der Waals surface area contributed by atoms with E-state index in [1.54, 1.807) is 18.9 Å². The van der Waals surface area contributed by atoms with Gasteiger partial charge in [0.2, 0.25) is 0 Å². The maximum atomic E-state index is 6.20. The van der Waals surface area contributed by atoms with Gasteiger partial charge in [-0.3, -0.25) is 4.98 Å². The Balaban J connectivity index is 1.40. The van der Waals surface area contributed by atoms with Gasteiger partial charge in [0, 0.05) is 18.1 Å². The predicted molar refractivity (Wildman–Crippen MR) is 99.3 cm³/mol. The molecule has 3 aromatic heterocycles. The Morgan fingerprint density at radius 1 is 1.12 bits per heavy atom. The third-order valence-electron chi connectivity index (χ3n) is 4.88. The minimum absolute atomic E-state index is 0.261. The second-order valence-corrected chi connectivity index (χ2v) is 6.42. The van der Waals surface area contributed by atoms with Crippen LogP contribution in [0.5, 0.6) is 5.75 Å². The van der Waals surface area contributed by atoms with Gasteiger partial charge in [0.1, 0.15) is 24.2 Å². The molecule has 0 radical (unpaired) electrons. The molecular formula is C19H18N6O. The van der Waals surface area contributed by atoms with Gasteiger partial charge in [0.15, 0.2) is 11.5 Å². The van der Waals surface area contributed by atoms with E-state index in [2.05, 4.69) is 29.8 Å². The molecule has 1 aliphatic heterocycles. The molecule has 1 unspecified atom stereocenters. The zero-order valence-electron chi connectivity index (χ0n) is 14.2. The first-order chi connectivity index (χ1) is 12.9. The molecule has 1 N–H and O–H groups in total. The molecule has 1 fully saturated rings. The standard InChI is InChI=1S/C19H18N6O/c1-6-15-14(5-2-8-20-15)16(7-1)26-10-13-4-3-9-25(13)19-17-18(22-11-21-17)23-12-24-19/h1-2,5-8,11-13H,3-4,9-10H2,(H,21,22,23,24). The molecule has 4 aromatic rings. The number of pyridine rings is 1. The smallest absolute Gasteiger partial charge is 0.162 e. The first-order valence-electron chi connectivity index (χ1n) is 8.77. The zero-order valence-corrected chi connectivity index (χ0v) is 14.2. The van der Waals surface area contributed by atoms with E-state index in [0.29, 0.717) is 6.61 Å². The Bertz CT molecular complexity index is 1060. The predicted octanol–water partition coefficient (Wildman–Crippen LogP) is 2.95. The number of fused-ring (bicyclic) bond motifs is 2. The molecule has 0 bridgehead atoms. The van der Waals surface area contributed by atoms with Crippen LogP contribution in [0.15, 0.2) is 49.2 Å². The van der Waals surface area contributed by atoms with Gasteiger partial charge in [0.25, 0.3) is 0 Å². The second-order valence-electron chi connectivity index (χ2n) is 6.42. The molecule has 1 atom stereocenters. The van der Waals surface area contributed by atoms with Gasteiger partial charge in [-0.15, -0.1) is 0 Å². The lowest BCUT2D eigenvalue weighted by molar-refractivity contribution is 0.291. The van der Waals surface area contributed by atoms with Crippen molar-refractivity contribution >= 4 is 27.9 Å². The van der Waals surface area contributed by atoms with E-state index >= 15 is 0 Å². The molecule has 4 heterocycles. The van der Waals surface area contributed by atoms with Crippen molar-refractivity contribution in [3.05, 3.63) is 49.2 Å². The summed E-state index contributed by atoms with van der Waals surface area (Å²) in [4.78, 5) is 22.8. The van der Waals surface area contributed by atoms with Gasteiger partial charge < -0.3 is 14.6 Å². The fraction of sp³-hybridized carbons (Fsp3) is 0.263. The summed E-state index contributed by atoms with van der Waals surface area (Å²) in [6, 6.07) is 10.2. The molecule has 0 spiro atoms. The number of nitrogens with one attached hydrogen (secondary N) is 1. The van der Waals surface area contributed by atoms with E-state index in [1.165, 1.54) is 0 Å². The Morgan fingerprint density at radius 3 is 3.12 bits per heavy atom. The largest absolute Gasteiger partial charge is 0.491 e. The van der Waals surface area contributed by atoms with E-state index < -0.39 is 0 Å². The van der Waals surface area contributed by atoms with E-state index in [9.17, 15) is 0 Å². The monoisotopic (exact) mass is 346 g/mol. The summed E-state index contributed by atoms with van der Waals surface area (Å²) in [5.74, 6) is 1.75. The van der Waals surface area contributed by atoms with Gasteiger partial charge in [-0.25, -0.2) is 15.0 Å². The van der Waals surface area contributed by atoms with Crippen LogP contribution in [0.1, 0.15) is 12.8 Å². The SMILES string of the molecule is c1cc(OCC2CCCN2c2ncnc3[nH]cnc23)c2cccnc2c1. The van der Waals surface area contributed by atoms with Crippen LogP contribution >= 0.6 is 0 Å². The normalized spacial score (nSPS) is 17.2. The van der Waals surface area contributed by atoms with E-state index in [4.69, 9.17) is 4.74 Å². The highest BCUT2D eigenvalue weighted by Gasteiger charge is 2.28. The highest BCUT2D eigenvalue weighted by molar-refractivity contribution is 5.85. The zero-order chi connectivity index (χ0) is 17.3.